The predicted octanol–water partition coefficient (Wildman–Crippen LogP) is 31.9. The molecule has 0 aliphatic rings. The molecule has 1 aromatic rings. The van der Waals surface area contributed by atoms with Crippen molar-refractivity contribution in [1.82, 2.24) is 9.80 Å². The first-order valence-corrected chi connectivity index (χ1v) is 63.3. The van der Waals surface area contributed by atoms with Gasteiger partial charge in [0.15, 0.2) is 49.9 Å². The number of aryl methyl sites for hydroxylation is 1. The van der Waals surface area contributed by atoms with E-state index in [0.29, 0.717) is 81.3 Å². The molecule has 10 nitrogen and oxygen atoms in total. The molecule has 0 N–H and O–H groups in total. The van der Waals surface area contributed by atoms with E-state index < -0.39 is 49.9 Å². The minimum atomic E-state index is -1.94. The summed E-state index contributed by atoms with van der Waals surface area (Å²) in [6, 6.07) is 25.3. The lowest BCUT2D eigenvalue weighted by atomic mass is 9.86. The first-order valence-electron chi connectivity index (χ1n) is 48.9. The summed E-state index contributed by atoms with van der Waals surface area (Å²) >= 11 is 0. The molecule has 16 heteroatoms. The maximum atomic E-state index is 14.2. The van der Waals surface area contributed by atoms with E-state index in [9.17, 15) is 9.59 Å². The molecule has 0 heterocycles. The monoisotopic (exact) mass is 1730 g/mol. The molecular formula is C100H208N2O8Si6. The number of rotatable bonds is 61. The summed E-state index contributed by atoms with van der Waals surface area (Å²) < 4.78 is 40.2. The summed E-state index contributed by atoms with van der Waals surface area (Å²) in [4.78, 5) is 31.3. The number of carbonyl (C=O) groups excluding carboxylic acids is 2. The molecule has 0 saturated carbocycles. The maximum Gasteiger partial charge on any atom is 0.245 e. The zero-order chi connectivity index (χ0) is 90.3. The van der Waals surface area contributed by atoms with Crippen molar-refractivity contribution in [2.24, 2.45) is 53.3 Å². The summed E-state index contributed by atoms with van der Waals surface area (Å²) in [5, 5.41) is 0. The SMILES string of the molecule is C=CC(=O)N(CCC[Si](CC(C)C)(OC(C)C)C(C)C)CCC[Si](CC(C)C)(OC(C)C)C(C)C.CC(C)CC(C(=O)N(CCC[Si](CC(C)C)(OC(C)C)C(C)C)CCC[Si](CC(C)C)(OC(C)C)C(C)C)C(C)C.CC(C)C[Si](CCc1ccccc1)(OC(C)C)C(C)C.CCCCCCCC[Si](CC(C)C)(OC(C)C)C(C)C. The van der Waals surface area contributed by atoms with E-state index in [2.05, 4.69) is 326 Å². The van der Waals surface area contributed by atoms with Crippen molar-refractivity contribution in [2.75, 3.05) is 26.2 Å². The summed E-state index contributed by atoms with van der Waals surface area (Å²) in [6.45, 7) is 101. The molecule has 0 aliphatic carbocycles. The van der Waals surface area contributed by atoms with Crippen LogP contribution in [-0.4, -0.2) is 134 Å². The first kappa shape index (κ1) is 119. The standard InChI is InChI=1S/C35H75NO3Si2.C29H61NO3Si2.C18H32OSi.C18H40OSi/c1-26(2)23-34(29(7)8)35(37)36(19-17-21-40(32(13)14,24-27(3)4)38-30(9)10)20-18-22-41(33(15)16,25-28(5)6)39-31(11)12;1-14-29(31)30(17-15-19-34(27(10)11,21-23(2)3)32-25(6)7)18-16-20-35(28(12)13,22-24(4)5)33-26(8)9;1-15(2)14-20(17(5)6,19-16(3)4)13-12-18-10-8-7-9-11-18;1-8-9-10-11-12-13-14-20(18(6)7,15-16(2)3)19-17(4)5/h26-34H,17-25H2,1-16H3;14,23-28H,1,15-22H2,2-13H3;7-11,15-17H,12-14H2,1-6H3;16-18H,8-15H2,1-7H3. The molecule has 2 amide bonds. The minimum absolute atomic E-state index is 0.0564. The number of hydrogen-bond donors (Lipinski definition) is 0. The average molecular weight is 1740 g/mol. The van der Waals surface area contributed by atoms with Crippen molar-refractivity contribution in [1.29, 1.82) is 0 Å². The fourth-order valence-corrected chi connectivity index (χ4v) is 47.8. The molecule has 0 bridgehead atoms. The Balaban J connectivity index is -0.00000154. The van der Waals surface area contributed by atoms with Crippen LogP contribution in [0.2, 0.25) is 106 Å². The van der Waals surface area contributed by atoms with Gasteiger partial charge in [-0.15, -0.1) is 0 Å². The van der Waals surface area contributed by atoms with Crippen molar-refractivity contribution in [3.05, 3.63) is 48.6 Å². The van der Waals surface area contributed by atoms with Gasteiger partial charge in [-0.25, -0.2) is 0 Å². The summed E-state index contributed by atoms with van der Waals surface area (Å²) in [7, 11) is -10.9. The zero-order valence-corrected chi connectivity index (χ0v) is 91.8. The summed E-state index contributed by atoms with van der Waals surface area (Å²) in [6.07, 6.45) is 17.8. The van der Waals surface area contributed by atoms with Crippen molar-refractivity contribution >= 4 is 61.7 Å². The van der Waals surface area contributed by atoms with Gasteiger partial charge in [-0.2, -0.15) is 0 Å². The highest BCUT2D eigenvalue weighted by Crippen LogP contribution is 2.43. The van der Waals surface area contributed by atoms with E-state index in [4.69, 9.17) is 26.6 Å². The topological polar surface area (TPSA) is 96.0 Å². The third-order valence-corrected chi connectivity index (χ3v) is 58.5. The van der Waals surface area contributed by atoms with Crippen LogP contribution in [0.25, 0.3) is 0 Å². The van der Waals surface area contributed by atoms with Crippen LogP contribution in [0.15, 0.2) is 43.0 Å². The fraction of sp³-hybridized carbons (Fsp3) is 0.900. The molecule has 0 aliphatic heterocycles. The molecule has 116 heavy (non-hydrogen) atoms. The zero-order valence-electron chi connectivity index (χ0n) is 85.8. The highest BCUT2D eigenvalue weighted by molar-refractivity contribution is 6.77. The van der Waals surface area contributed by atoms with Gasteiger partial charge in [0.1, 0.15) is 0 Å². The van der Waals surface area contributed by atoms with Gasteiger partial charge in [-0.1, -0.05) is 276 Å². The van der Waals surface area contributed by atoms with Gasteiger partial charge in [0.2, 0.25) is 11.8 Å². The fourth-order valence-electron chi connectivity index (χ4n) is 18.9. The van der Waals surface area contributed by atoms with Gasteiger partial charge in [-0.3, -0.25) is 9.59 Å². The van der Waals surface area contributed by atoms with E-state index >= 15 is 0 Å². The Morgan fingerprint density at radius 1 is 0.319 bits per heavy atom. The second kappa shape index (κ2) is 62.2. The van der Waals surface area contributed by atoms with Gasteiger partial charge in [0, 0.05) is 68.7 Å². The molecule has 1 rings (SSSR count). The predicted molar refractivity (Wildman–Crippen MR) is 532 cm³/mol. The Bertz CT molecular complexity index is 2420. The molecule has 0 aromatic heterocycles. The van der Waals surface area contributed by atoms with Crippen LogP contribution in [0.3, 0.4) is 0 Å². The smallest absolute Gasteiger partial charge is 0.245 e. The van der Waals surface area contributed by atoms with E-state index in [1.54, 1.807) is 0 Å². The lowest BCUT2D eigenvalue weighted by Crippen LogP contribution is -2.47. The molecule has 7 unspecified atom stereocenters. The quantitative estimate of drug-likeness (QED) is 0.0362. The minimum Gasteiger partial charge on any atom is -0.414 e. The Kier molecular flexibility index (Phi) is 63.8. The highest BCUT2D eigenvalue weighted by atomic mass is 28.4. The van der Waals surface area contributed by atoms with Gasteiger partial charge in [-0.05, 0) is 286 Å². The van der Waals surface area contributed by atoms with Crippen LogP contribution in [-0.2, 0) is 42.6 Å². The summed E-state index contributed by atoms with van der Waals surface area (Å²) in [5.74, 6) is 5.42. The number of amides is 2. The Hall–Kier alpha value is -1.04. The molecule has 1 aromatic carbocycles. The van der Waals surface area contributed by atoms with Gasteiger partial charge >= 0.3 is 0 Å². The molecule has 0 spiro atoms. The largest absolute Gasteiger partial charge is 0.414 e. The summed E-state index contributed by atoms with van der Waals surface area (Å²) in [5.41, 5.74) is 5.14. The Labute approximate surface area is 734 Å². The molecule has 0 radical (unpaired) electrons. The Morgan fingerprint density at radius 3 is 0.784 bits per heavy atom. The van der Waals surface area contributed by atoms with Crippen molar-refractivity contribution in [3.8, 4) is 0 Å². The number of hydrogen-bond acceptors (Lipinski definition) is 8. The third kappa shape index (κ3) is 50.2. The number of benzene rings is 1. The van der Waals surface area contributed by atoms with E-state index in [-0.39, 0.29) is 36.2 Å². The third-order valence-electron chi connectivity index (χ3n) is 24.0. The molecular weight excluding hydrogens is 1530 g/mol. The van der Waals surface area contributed by atoms with Crippen molar-refractivity contribution in [2.45, 2.75) is 503 Å². The average Bonchev–Trinajstić information content (AvgIpc) is 0.846. The van der Waals surface area contributed by atoms with E-state index in [1.807, 2.05) is 4.90 Å². The van der Waals surface area contributed by atoms with Crippen LogP contribution in [0.4, 0.5) is 0 Å². The number of nitrogens with zero attached hydrogens (tertiary/aromatic N) is 2. The molecule has 7 atom stereocenters. The second-order valence-corrected chi connectivity index (χ2v) is 69.7. The van der Waals surface area contributed by atoms with Crippen LogP contribution in [0.5, 0.6) is 0 Å². The van der Waals surface area contributed by atoms with Gasteiger partial charge < -0.3 is 36.4 Å². The lowest BCUT2D eigenvalue weighted by Gasteiger charge is -2.40. The normalized spacial score (nSPS) is 15.9. The van der Waals surface area contributed by atoms with Gasteiger partial charge in [0.05, 0.1) is 0 Å². The van der Waals surface area contributed by atoms with E-state index in [0.717, 1.165) is 106 Å². The van der Waals surface area contributed by atoms with Crippen LogP contribution in [0.1, 0.15) is 360 Å². The molecule has 690 valence electrons. The van der Waals surface area contributed by atoms with E-state index in [1.165, 1.54) is 98.5 Å². The maximum absolute atomic E-state index is 14.2. The number of carbonyl (C=O) groups is 2. The Morgan fingerprint density at radius 2 is 0.560 bits per heavy atom. The van der Waals surface area contributed by atoms with Crippen LogP contribution < -0.4 is 0 Å². The molecule has 0 fully saturated rings. The second-order valence-electron chi connectivity index (χ2n) is 43.2. The first-order chi connectivity index (χ1) is 53.6. The van der Waals surface area contributed by atoms with Crippen LogP contribution in [0, 0.1) is 53.3 Å². The van der Waals surface area contributed by atoms with Crippen molar-refractivity contribution in [3.63, 3.8) is 0 Å². The number of unbranched alkanes of at least 4 members (excludes halogenated alkanes) is 5. The highest BCUT2D eigenvalue weighted by Gasteiger charge is 2.46. The lowest BCUT2D eigenvalue weighted by molar-refractivity contribution is -0.137. The van der Waals surface area contributed by atoms with Crippen LogP contribution >= 0.6 is 0 Å². The molecule has 0 saturated heterocycles. The van der Waals surface area contributed by atoms with Gasteiger partial charge in [0.25, 0.3) is 0 Å². The van der Waals surface area contributed by atoms with Crippen molar-refractivity contribution < 1.29 is 36.1 Å².